The molecule has 2 fully saturated rings. The highest BCUT2D eigenvalue weighted by Gasteiger charge is 2.36. The number of nitrogens with zero attached hydrogens (tertiary/aromatic N) is 2. The van der Waals surface area contributed by atoms with E-state index in [1.54, 1.807) is 10.7 Å². The number of amides is 1. The van der Waals surface area contributed by atoms with Crippen LogP contribution in [0.1, 0.15) is 24.8 Å². The summed E-state index contributed by atoms with van der Waals surface area (Å²) in [4.78, 5) is 12.7. The highest BCUT2D eigenvalue weighted by atomic mass is 16.5. The zero-order chi connectivity index (χ0) is 15.8. The number of ether oxygens (including phenoxy) is 1. The zero-order valence-corrected chi connectivity index (χ0v) is 13.3. The fourth-order valence-electron chi connectivity index (χ4n) is 3.67. The van der Waals surface area contributed by atoms with Crippen LogP contribution in [0, 0.1) is 12.8 Å². The van der Waals surface area contributed by atoms with Gasteiger partial charge in [-0.2, -0.15) is 5.10 Å². The van der Waals surface area contributed by atoms with Crippen LogP contribution in [0.3, 0.4) is 0 Å². The molecule has 2 aromatic heterocycles. The molecule has 1 aliphatic carbocycles. The van der Waals surface area contributed by atoms with Gasteiger partial charge in [-0.3, -0.25) is 4.79 Å². The lowest BCUT2D eigenvalue weighted by atomic mass is 9.82. The smallest absolute Gasteiger partial charge is 0.227 e. The van der Waals surface area contributed by atoms with Crippen molar-refractivity contribution < 1.29 is 9.53 Å². The fraction of sp³-hybridized carbons (Fsp3) is 0.529. The minimum atomic E-state index is 0.0326. The van der Waals surface area contributed by atoms with E-state index < -0.39 is 0 Å². The van der Waals surface area contributed by atoms with E-state index in [0.717, 1.165) is 49.2 Å². The largest absolute Gasteiger partial charge is 0.375 e. The SMILES string of the molecule is Cc1ccn2ncc(NC(=O)[C@H]3CC[C@H]4OCCN[C@@H]4C3)c2c1. The minimum Gasteiger partial charge on any atom is -0.375 e. The zero-order valence-electron chi connectivity index (χ0n) is 13.3. The number of anilines is 1. The summed E-state index contributed by atoms with van der Waals surface area (Å²) < 4.78 is 7.57. The molecular formula is C17H22N4O2. The molecule has 2 N–H and O–H groups in total. The van der Waals surface area contributed by atoms with E-state index in [2.05, 4.69) is 15.7 Å². The summed E-state index contributed by atoms with van der Waals surface area (Å²) in [5.74, 6) is 0.123. The van der Waals surface area contributed by atoms with Crippen molar-refractivity contribution in [3.05, 3.63) is 30.1 Å². The monoisotopic (exact) mass is 314 g/mol. The van der Waals surface area contributed by atoms with E-state index >= 15 is 0 Å². The Morgan fingerprint density at radius 3 is 3.30 bits per heavy atom. The number of hydrogen-bond donors (Lipinski definition) is 2. The van der Waals surface area contributed by atoms with Gasteiger partial charge in [-0.1, -0.05) is 0 Å². The summed E-state index contributed by atoms with van der Waals surface area (Å²) in [5.41, 5.74) is 2.87. The number of pyridine rings is 1. The second kappa shape index (κ2) is 5.94. The molecule has 0 unspecified atom stereocenters. The van der Waals surface area contributed by atoms with Gasteiger partial charge in [0, 0.05) is 24.7 Å². The first kappa shape index (κ1) is 14.7. The van der Waals surface area contributed by atoms with Crippen LogP contribution in [0.2, 0.25) is 0 Å². The normalized spacial score (nSPS) is 27.6. The van der Waals surface area contributed by atoms with E-state index in [1.165, 1.54) is 0 Å². The summed E-state index contributed by atoms with van der Waals surface area (Å²) in [6.07, 6.45) is 6.58. The summed E-state index contributed by atoms with van der Waals surface area (Å²) in [6.45, 7) is 3.69. The fourth-order valence-corrected chi connectivity index (χ4v) is 3.67. The van der Waals surface area contributed by atoms with Crippen LogP contribution < -0.4 is 10.6 Å². The molecule has 6 heteroatoms. The second-order valence-corrected chi connectivity index (χ2v) is 6.56. The van der Waals surface area contributed by atoms with E-state index in [0.29, 0.717) is 6.04 Å². The Kier molecular flexibility index (Phi) is 3.79. The second-order valence-electron chi connectivity index (χ2n) is 6.56. The molecular weight excluding hydrogens is 292 g/mol. The predicted molar refractivity (Wildman–Crippen MR) is 87.4 cm³/mol. The molecule has 1 saturated carbocycles. The van der Waals surface area contributed by atoms with Crippen molar-refractivity contribution in [2.24, 2.45) is 5.92 Å². The molecule has 1 amide bonds. The quantitative estimate of drug-likeness (QED) is 0.886. The Balaban J connectivity index is 1.47. The molecule has 3 atom stereocenters. The van der Waals surface area contributed by atoms with Crippen LogP contribution >= 0.6 is 0 Å². The van der Waals surface area contributed by atoms with Crippen LogP contribution in [0.4, 0.5) is 5.69 Å². The molecule has 0 radical (unpaired) electrons. The van der Waals surface area contributed by atoms with Gasteiger partial charge in [0.2, 0.25) is 5.91 Å². The number of rotatable bonds is 2. The Labute approximate surface area is 135 Å². The van der Waals surface area contributed by atoms with Crippen molar-refractivity contribution in [1.29, 1.82) is 0 Å². The third-order valence-electron chi connectivity index (χ3n) is 4.93. The highest BCUT2D eigenvalue weighted by molar-refractivity contribution is 5.96. The molecule has 6 nitrogen and oxygen atoms in total. The third kappa shape index (κ3) is 2.84. The number of carbonyl (C=O) groups is 1. The third-order valence-corrected chi connectivity index (χ3v) is 4.93. The summed E-state index contributed by atoms with van der Waals surface area (Å²) in [5, 5.41) is 10.8. The first-order chi connectivity index (χ1) is 11.2. The standard InChI is InChI=1S/C17H22N4O2/c1-11-4-6-21-15(8-11)14(10-19-21)20-17(22)12-2-3-16-13(9-12)18-5-7-23-16/h4,6,8,10,12-13,16,18H,2-3,5,7,9H2,1H3,(H,20,22)/t12-,13+,16+/m0/s1. The van der Waals surface area contributed by atoms with E-state index in [9.17, 15) is 4.79 Å². The number of hydrogen-bond acceptors (Lipinski definition) is 4. The van der Waals surface area contributed by atoms with Crippen molar-refractivity contribution in [3.8, 4) is 0 Å². The van der Waals surface area contributed by atoms with Crippen LogP contribution in [-0.4, -0.2) is 40.8 Å². The number of carbonyl (C=O) groups excluding carboxylic acids is 1. The first-order valence-corrected chi connectivity index (χ1v) is 8.30. The van der Waals surface area contributed by atoms with Crippen molar-refractivity contribution in [3.63, 3.8) is 0 Å². The minimum absolute atomic E-state index is 0.0326. The maximum Gasteiger partial charge on any atom is 0.227 e. The average Bonchev–Trinajstić information content (AvgIpc) is 2.96. The molecule has 2 aromatic rings. The van der Waals surface area contributed by atoms with Gasteiger partial charge in [-0.05, 0) is 43.9 Å². The Morgan fingerprint density at radius 2 is 2.39 bits per heavy atom. The van der Waals surface area contributed by atoms with Crippen molar-refractivity contribution in [2.75, 3.05) is 18.5 Å². The molecule has 2 aliphatic rings. The van der Waals surface area contributed by atoms with Crippen molar-refractivity contribution in [2.45, 2.75) is 38.3 Å². The first-order valence-electron chi connectivity index (χ1n) is 8.30. The molecule has 4 rings (SSSR count). The topological polar surface area (TPSA) is 67.7 Å². The molecule has 0 spiro atoms. The van der Waals surface area contributed by atoms with Crippen molar-refractivity contribution >= 4 is 17.1 Å². The van der Waals surface area contributed by atoms with Gasteiger partial charge in [0.15, 0.2) is 0 Å². The number of aromatic nitrogens is 2. The average molecular weight is 314 g/mol. The summed E-state index contributed by atoms with van der Waals surface area (Å²) in [6, 6.07) is 4.34. The van der Waals surface area contributed by atoms with Crippen LogP contribution in [0.5, 0.6) is 0 Å². The lowest BCUT2D eigenvalue weighted by molar-refractivity contribution is -0.123. The highest BCUT2D eigenvalue weighted by Crippen LogP contribution is 2.29. The van der Waals surface area contributed by atoms with Gasteiger partial charge in [-0.25, -0.2) is 4.52 Å². The number of fused-ring (bicyclic) bond motifs is 2. The lowest BCUT2D eigenvalue weighted by Crippen LogP contribution is -2.52. The van der Waals surface area contributed by atoms with Gasteiger partial charge in [-0.15, -0.1) is 0 Å². The van der Waals surface area contributed by atoms with Crippen LogP contribution in [0.15, 0.2) is 24.5 Å². The molecule has 0 bridgehead atoms. The molecule has 1 aliphatic heterocycles. The molecule has 1 saturated heterocycles. The van der Waals surface area contributed by atoms with E-state index in [-0.39, 0.29) is 17.9 Å². The van der Waals surface area contributed by atoms with Gasteiger partial charge in [0.1, 0.15) is 0 Å². The lowest BCUT2D eigenvalue weighted by Gasteiger charge is -2.39. The van der Waals surface area contributed by atoms with Gasteiger partial charge < -0.3 is 15.4 Å². The number of aryl methyl sites for hydroxylation is 1. The Hall–Kier alpha value is -1.92. The van der Waals surface area contributed by atoms with E-state index in [4.69, 9.17) is 4.74 Å². The summed E-state index contributed by atoms with van der Waals surface area (Å²) >= 11 is 0. The number of morpholine rings is 1. The maximum atomic E-state index is 12.7. The molecule has 0 aromatic carbocycles. The van der Waals surface area contributed by atoms with Gasteiger partial charge in [0.25, 0.3) is 0 Å². The molecule has 122 valence electrons. The Bertz CT molecular complexity index is 726. The number of nitrogens with one attached hydrogen (secondary N) is 2. The molecule has 3 heterocycles. The van der Waals surface area contributed by atoms with E-state index in [1.807, 2.05) is 25.3 Å². The molecule has 23 heavy (non-hydrogen) atoms. The van der Waals surface area contributed by atoms with Gasteiger partial charge in [0.05, 0.1) is 30.1 Å². The van der Waals surface area contributed by atoms with Crippen LogP contribution in [-0.2, 0) is 9.53 Å². The maximum absolute atomic E-state index is 12.7. The van der Waals surface area contributed by atoms with Crippen molar-refractivity contribution in [1.82, 2.24) is 14.9 Å². The Morgan fingerprint density at radius 1 is 1.48 bits per heavy atom. The van der Waals surface area contributed by atoms with Gasteiger partial charge >= 0.3 is 0 Å². The predicted octanol–water partition coefficient (Wildman–Crippen LogP) is 1.74. The van der Waals surface area contributed by atoms with Crippen LogP contribution in [0.25, 0.3) is 5.52 Å². The summed E-state index contributed by atoms with van der Waals surface area (Å²) in [7, 11) is 0.